The number of nitrogens with zero attached hydrogens (tertiary/aromatic N) is 3. The summed E-state index contributed by atoms with van der Waals surface area (Å²) in [6, 6.07) is 3.96. The molecule has 29 heavy (non-hydrogen) atoms. The van der Waals surface area contributed by atoms with Crippen LogP contribution in [0.3, 0.4) is 0 Å². The lowest BCUT2D eigenvalue weighted by Gasteiger charge is -2.27. The number of likely N-dealkylation sites (tertiary alicyclic amines) is 1. The topological polar surface area (TPSA) is 131 Å². The van der Waals surface area contributed by atoms with E-state index in [1.807, 2.05) is 0 Å². The van der Waals surface area contributed by atoms with E-state index in [9.17, 15) is 19.1 Å². The average Bonchev–Trinajstić information content (AvgIpc) is 2.74. The van der Waals surface area contributed by atoms with Crippen LogP contribution in [0.1, 0.15) is 36.0 Å². The first-order valence-electron chi connectivity index (χ1n) is 9.05. The van der Waals surface area contributed by atoms with Crippen LogP contribution in [0.2, 0.25) is 0 Å². The summed E-state index contributed by atoms with van der Waals surface area (Å²) in [5, 5.41) is 16.5. The molecular weight excluding hydrogens is 414 g/mol. The molecule has 0 spiro atoms. The van der Waals surface area contributed by atoms with Crippen molar-refractivity contribution in [1.29, 1.82) is 0 Å². The van der Waals surface area contributed by atoms with E-state index in [-0.39, 0.29) is 22.8 Å². The summed E-state index contributed by atoms with van der Waals surface area (Å²) in [4.78, 5) is 25.9. The second-order valence-corrected chi connectivity index (χ2v) is 8.23. The second kappa shape index (κ2) is 9.81. The number of anilines is 1. The van der Waals surface area contributed by atoms with Crippen molar-refractivity contribution in [2.45, 2.75) is 25.7 Å². The molecule has 1 aromatic rings. The van der Waals surface area contributed by atoms with Crippen molar-refractivity contribution in [3.05, 3.63) is 57.0 Å². The van der Waals surface area contributed by atoms with Gasteiger partial charge in [0.25, 0.3) is 11.6 Å². The highest BCUT2D eigenvalue weighted by Crippen LogP contribution is 2.27. The van der Waals surface area contributed by atoms with Crippen LogP contribution in [0.25, 0.3) is 0 Å². The number of nitrogens with two attached hydrogens (primary N) is 1. The van der Waals surface area contributed by atoms with Crippen LogP contribution in [0, 0.1) is 10.1 Å². The van der Waals surface area contributed by atoms with Gasteiger partial charge in [-0.25, -0.2) is 8.61 Å². The molecule has 3 rings (SSSR count). The Hall–Kier alpha value is -2.50. The Morgan fingerprint density at radius 1 is 1.31 bits per heavy atom. The molecule has 1 amide bonds. The number of benzene rings is 1. The standard InChI is InChI=1S/C18H21N5O4S2/c19-28-20-13-5-4-6-15(11-13)29(27)21-17-12-14(23(25)26)7-8-16(17)18(24)22-9-2-1-3-10-22/h4-8,12,21H,1-3,9-11,19H2/b20-13-. The highest BCUT2D eigenvalue weighted by atomic mass is 32.2. The normalized spacial score (nSPS) is 19.0. The van der Waals surface area contributed by atoms with E-state index in [1.54, 1.807) is 23.1 Å². The van der Waals surface area contributed by atoms with E-state index in [1.165, 1.54) is 18.2 Å². The number of carbonyl (C=O) groups is 1. The van der Waals surface area contributed by atoms with E-state index >= 15 is 0 Å². The van der Waals surface area contributed by atoms with Crippen LogP contribution in [0.4, 0.5) is 11.4 Å². The van der Waals surface area contributed by atoms with Gasteiger partial charge in [-0.15, -0.1) is 0 Å². The molecule has 1 aromatic carbocycles. The summed E-state index contributed by atoms with van der Waals surface area (Å²) < 4.78 is 19.7. The zero-order valence-electron chi connectivity index (χ0n) is 15.6. The van der Waals surface area contributed by atoms with E-state index in [0.717, 1.165) is 31.4 Å². The molecule has 0 aromatic heterocycles. The fourth-order valence-corrected chi connectivity index (χ4v) is 4.41. The molecule has 1 saturated heterocycles. The van der Waals surface area contributed by atoms with Gasteiger partial charge in [0.05, 0.1) is 34.0 Å². The Morgan fingerprint density at radius 3 is 2.76 bits per heavy atom. The number of amides is 1. The monoisotopic (exact) mass is 435 g/mol. The van der Waals surface area contributed by atoms with Crippen LogP contribution in [0.15, 0.2) is 45.7 Å². The lowest BCUT2D eigenvalue weighted by Crippen LogP contribution is -2.36. The first-order valence-corrected chi connectivity index (χ1v) is 11.0. The number of nitro groups is 1. The van der Waals surface area contributed by atoms with Gasteiger partial charge in [0, 0.05) is 36.5 Å². The lowest BCUT2D eigenvalue weighted by molar-refractivity contribution is -0.384. The summed E-state index contributed by atoms with van der Waals surface area (Å²) in [7, 11) is -1.70. The Labute approximate surface area is 175 Å². The van der Waals surface area contributed by atoms with Crippen molar-refractivity contribution in [2.75, 3.05) is 17.8 Å². The second-order valence-electron chi connectivity index (χ2n) is 6.57. The molecule has 1 fully saturated rings. The number of rotatable bonds is 6. The smallest absolute Gasteiger partial charge is 0.271 e. The molecule has 0 radical (unpaired) electrons. The Kier molecular flexibility index (Phi) is 7.18. The van der Waals surface area contributed by atoms with E-state index < -0.39 is 15.9 Å². The van der Waals surface area contributed by atoms with Gasteiger partial charge in [-0.3, -0.25) is 20.0 Å². The van der Waals surface area contributed by atoms with Crippen molar-refractivity contribution in [3.8, 4) is 0 Å². The SMILES string of the molecule is NS/N=C1/C=CC=C(S(=O)Nc2cc([N+](=O)[O-])ccc2C(=O)N2CCCCC2)C1. The molecular formula is C18H21N5O4S2. The lowest BCUT2D eigenvalue weighted by atomic mass is 10.1. The number of allylic oxidation sites excluding steroid dienone is 4. The van der Waals surface area contributed by atoms with Gasteiger partial charge in [0.1, 0.15) is 11.0 Å². The summed E-state index contributed by atoms with van der Waals surface area (Å²) >= 11 is 0.818. The number of hydrogen-bond acceptors (Lipinski definition) is 7. The first kappa shape index (κ1) is 21.2. The molecule has 9 nitrogen and oxygen atoms in total. The summed E-state index contributed by atoms with van der Waals surface area (Å²) in [6.45, 7) is 1.29. The molecule has 0 bridgehead atoms. The van der Waals surface area contributed by atoms with Crippen molar-refractivity contribution in [3.63, 3.8) is 0 Å². The van der Waals surface area contributed by atoms with Crippen LogP contribution in [-0.2, 0) is 11.0 Å². The van der Waals surface area contributed by atoms with Crippen LogP contribution in [-0.4, -0.2) is 38.7 Å². The fraction of sp³-hybridized carbons (Fsp3) is 0.333. The van der Waals surface area contributed by atoms with Gasteiger partial charge < -0.3 is 9.62 Å². The molecule has 154 valence electrons. The Balaban J connectivity index is 1.87. The van der Waals surface area contributed by atoms with E-state index in [0.29, 0.717) is 30.1 Å². The zero-order chi connectivity index (χ0) is 20.8. The van der Waals surface area contributed by atoms with Gasteiger partial charge in [0.15, 0.2) is 0 Å². The minimum atomic E-state index is -1.70. The predicted octanol–water partition coefficient (Wildman–Crippen LogP) is 3.10. The van der Waals surface area contributed by atoms with Crippen molar-refractivity contribution in [2.24, 2.45) is 9.54 Å². The van der Waals surface area contributed by atoms with E-state index in [4.69, 9.17) is 5.14 Å². The van der Waals surface area contributed by atoms with Crippen molar-refractivity contribution in [1.82, 2.24) is 4.90 Å². The van der Waals surface area contributed by atoms with E-state index in [2.05, 4.69) is 9.12 Å². The van der Waals surface area contributed by atoms with Gasteiger partial charge in [-0.2, -0.15) is 0 Å². The minimum absolute atomic E-state index is 0.176. The number of nitro benzene ring substituents is 1. The maximum atomic E-state index is 13.0. The molecule has 1 atom stereocenters. The predicted molar refractivity (Wildman–Crippen MR) is 116 cm³/mol. The maximum absolute atomic E-state index is 13.0. The van der Waals surface area contributed by atoms with Gasteiger partial charge in [0.2, 0.25) is 0 Å². The van der Waals surface area contributed by atoms with Gasteiger partial charge in [-0.1, -0.05) is 6.08 Å². The number of nitrogens with one attached hydrogen (secondary N) is 1. The maximum Gasteiger partial charge on any atom is 0.271 e. The Morgan fingerprint density at radius 2 is 2.07 bits per heavy atom. The van der Waals surface area contributed by atoms with Crippen LogP contribution in [0.5, 0.6) is 0 Å². The molecule has 0 saturated carbocycles. The first-order chi connectivity index (χ1) is 14.0. The molecule has 1 aliphatic heterocycles. The zero-order valence-corrected chi connectivity index (χ0v) is 17.2. The van der Waals surface area contributed by atoms with Gasteiger partial charge >= 0.3 is 0 Å². The third-order valence-corrected chi connectivity index (χ3v) is 6.13. The summed E-state index contributed by atoms with van der Waals surface area (Å²) in [6.07, 6.45) is 8.41. The third-order valence-electron chi connectivity index (χ3n) is 4.62. The molecule has 2 aliphatic rings. The average molecular weight is 436 g/mol. The van der Waals surface area contributed by atoms with Crippen molar-refractivity contribution >= 4 is 46.1 Å². The van der Waals surface area contributed by atoms with Gasteiger partial charge in [-0.05, 0) is 37.5 Å². The highest BCUT2D eigenvalue weighted by Gasteiger charge is 2.24. The third kappa shape index (κ3) is 5.31. The largest absolute Gasteiger partial charge is 0.339 e. The molecule has 1 heterocycles. The number of hydrogen-bond donors (Lipinski definition) is 2. The molecule has 1 aliphatic carbocycles. The number of carbonyl (C=O) groups excluding carboxylic acids is 1. The minimum Gasteiger partial charge on any atom is -0.339 e. The quantitative estimate of drug-likeness (QED) is 0.401. The molecule has 3 N–H and O–H groups in total. The van der Waals surface area contributed by atoms with Crippen LogP contribution < -0.4 is 9.86 Å². The highest BCUT2D eigenvalue weighted by molar-refractivity contribution is 7.95. The summed E-state index contributed by atoms with van der Waals surface area (Å²) in [5.74, 6) is -0.224. The number of piperidine rings is 1. The molecule has 1 unspecified atom stereocenters. The molecule has 11 heteroatoms. The summed E-state index contributed by atoms with van der Waals surface area (Å²) in [5.41, 5.74) is 0.923. The number of non-ortho nitro benzene ring substituents is 1. The Bertz CT molecular complexity index is 923. The van der Waals surface area contributed by atoms with Crippen molar-refractivity contribution < 1.29 is 13.9 Å². The van der Waals surface area contributed by atoms with Crippen LogP contribution >= 0.6 is 12.1 Å². The fourth-order valence-electron chi connectivity index (χ4n) is 3.17.